The van der Waals surface area contributed by atoms with Gasteiger partial charge in [0.1, 0.15) is 0 Å². The van der Waals surface area contributed by atoms with Gasteiger partial charge >= 0.3 is 0 Å². The van der Waals surface area contributed by atoms with Crippen LogP contribution >= 0.6 is 0 Å². The summed E-state index contributed by atoms with van der Waals surface area (Å²) in [5, 5.41) is 15.0. The van der Waals surface area contributed by atoms with E-state index in [4.69, 9.17) is 14.2 Å². The minimum atomic E-state index is -1.45. The number of likely N-dealkylation sites (tertiary alicyclic amines) is 1. The zero-order valence-electron chi connectivity index (χ0n) is 20.8. The first kappa shape index (κ1) is 23.9. The van der Waals surface area contributed by atoms with Gasteiger partial charge in [0, 0.05) is 31.6 Å². The molecule has 1 heterocycles. The van der Waals surface area contributed by atoms with E-state index in [0.717, 1.165) is 50.9 Å². The van der Waals surface area contributed by atoms with Crippen LogP contribution in [-0.4, -0.2) is 56.4 Å². The topological polar surface area (TPSA) is 80.3 Å². The summed E-state index contributed by atoms with van der Waals surface area (Å²) >= 11 is 0. The Kier molecular flexibility index (Phi) is 6.64. The Hall–Kier alpha value is -2.77. The number of piperidine rings is 1. The smallest absolute Gasteiger partial charge is 0.257 e. The molecule has 2 aromatic carbocycles. The number of hydrogen-bond donors (Lipinski definition) is 2. The molecule has 188 valence electrons. The molecule has 3 unspecified atom stereocenters. The quantitative estimate of drug-likeness (QED) is 0.573. The third-order valence-corrected chi connectivity index (χ3v) is 8.20. The highest BCUT2D eigenvalue weighted by Gasteiger charge is 2.58. The molecular weight excluding hydrogens is 444 g/mol. The van der Waals surface area contributed by atoms with E-state index in [1.54, 1.807) is 21.3 Å². The van der Waals surface area contributed by atoms with Gasteiger partial charge in [-0.3, -0.25) is 9.69 Å². The fourth-order valence-corrected chi connectivity index (χ4v) is 6.29. The molecule has 1 aliphatic heterocycles. The summed E-state index contributed by atoms with van der Waals surface area (Å²) in [7, 11) is 4.86. The maximum absolute atomic E-state index is 13.5. The number of methoxy groups -OCH3 is 3. The molecule has 1 amide bonds. The highest BCUT2D eigenvalue weighted by molar-refractivity contribution is 5.87. The van der Waals surface area contributed by atoms with Gasteiger partial charge in [-0.25, -0.2) is 0 Å². The molecule has 3 aliphatic rings. The first-order chi connectivity index (χ1) is 17.0. The molecule has 0 radical (unpaired) electrons. The van der Waals surface area contributed by atoms with Crippen LogP contribution in [0.5, 0.6) is 17.2 Å². The van der Waals surface area contributed by atoms with Crippen LogP contribution in [0.4, 0.5) is 0 Å². The number of carbonyl (C=O) groups is 1. The Labute approximate surface area is 207 Å². The Morgan fingerprint density at radius 2 is 1.60 bits per heavy atom. The normalized spacial score (nSPS) is 25.5. The maximum atomic E-state index is 13.5. The number of benzene rings is 2. The Bertz CT molecular complexity index is 1020. The van der Waals surface area contributed by atoms with Crippen molar-refractivity contribution >= 4 is 5.91 Å². The van der Waals surface area contributed by atoms with Crippen LogP contribution in [0.1, 0.15) is 36.8 Å². The molecular formula is C28H36N2O5. The highest BCUT2D eigenvalue weighted by atomic mass is 16.5. The number of rotatable bonds is 9. The molecule has 2 saturated carbocycles. The van der Waals surface area contributed by atoms with Crippen molar-refractivity contribution in [3.05, 3.63) is 53.6 Å². The van der Waals surface area contributed by atoms with E-state index >= 15 is 0 Å². The molecule has 0 spiro atoms. The number of aliphatic hydroxyl groups is 1. The van der Waals surface area contributed by atoms with Crippen LogP contribution in [0.25, 0.3) is 0 Å². The van der Waals surface area contributed by atoms with E-state index < -0.39 is 5.60 Å². The van der Waals surface area contributed by atoms with Gasteiger partial charge in [-0.05, 0) is 47.9 Å². The molecule has 4 atom stereocenters. The molecule has 0 aromatic heterocycles. The van der Waals surface area contributed by atoms with Crippen molar-refractivity contribution in [3.8, 4) is 17.2 Å². The Balaban J connectivity index is 1.23. The molecule has 5 rings (SSSR count). The predicted octanol–water partition coefficient (Wildman–Crippen LogP) is 3.34. The molecule has 3 fully saturated rings. The summed E-state index contributed by atoms with van der Waals surface area (Å²) in [6.07, 6.45) is 3.91. The predicted molar refractivity (Wildman–Crippen MR) is 133 cm³/mol. The van der Waals surface area contributed by atoms with Crippen molar-refractivity contribution in [2.45, 2.75) is 43.9 Å². The molecule has 1 saturated heterocycles. The molecule has 7 heteroatoms. The van der Waals surface area contributed by atoms with Crippen molar-refractivity contribution in [1.29, 1.82) is 0 Å². The zero-order chi connectivity index (χ0) is 24.6. The third kappa shape index (κ3) is 4.36. The molecule has 2 N–H and O–H groups in total. The number of nitrogens with zero attached hydrogens (tertiary/aromatic N) is 1. The monoisotopic (exact) mass is 480 g/mol. The average molecular weight is 481 g/mol. The summed E-state index contributed by atoms with van der Waals surface area (Å²) in [5.41, 5.74) is 0.352. The first-order valence-corrected chi connectivity index (χ1v) is 12.6. The number of fused-ring (bicyclic) bond motifs is 1. The number of nitrogens with one attached hydrogen (secondary N) is 1. The summed E-state index contributed by atoms with van der Waals surface area (Å²) in [6, 6.07) is 13.6. The number of carbonyl (C=O) groups excluding carboxylic acids is 1. The fourth-order valence-electron chi connectivity index (χ4n) is 6.29. The Morgan fingerprint density at radius 3 is 2.14 bits per heavy atom. The van der Waals surface area contributed by atoms with Crippen molar-refractivity contribution in [2.24, 2.45) is 17.8 Å². The van der Waals surface area contributed by atoms with Gasteiger partial charge in [-0.2, -0.15) is 0 Å². The van der Waals surface area contributed by atoms with Crippen LogP contribution in [0.2, 0.25) is 0 Å². The van der Waals surface area contributed by atoms with E-state index in [1.165, 1.54) is 0 Å². The molecule has 7 nitrogen and oxygen atoms in total. The van der Waals surface area contributed by atoms with Crippen molar-refractivity contribution in [2.75, 3.05) is 34.4 Å². The molecule has 35 heavy (non-hydrogen) atoms. The van der Waals surface area contributed by atoms with E-state index in [1.807, 2.05) is 42.5 Å². The number of amides is 1. The second-order valence-electron chi connectivity index (χ2n) is 10.2. The zero-order valence-corrected chi connectivity index (χ0v) is 20.8. The SMILES string of the molecule is COc1cc(CN2CC3C(NC(=O)C(O)(c4ccccc4)C4CCCC4)[C@H]3C2)cc(OC)c1OC. The van der Waals surface area contributed by atoms with Crippen molar-refractivity contribution in [3.63, 3.8) is 0 Å². The number of hydrogen-bond acceptors (Lipinski definition) is 6. The van der Waals surface area contributed by atoms with Gasteiger partial charge in [0.15, 0.2) is 17.1 Å². The first-order valence-electron chi connectivity index (χ1n) is 12.6. The van der Waals surface area contributed by atoms with E-state index in [-0.39, 0.29) is 17.9 Å². The van der Waals surface area contributed by atoms with Gasteiger partial charge in [-0.15, -0.1) is 0 Å². The van der Waals surface area contributed by atoms with Crippen LogP contribution in [0.3, 0.4) is 0 Å². The van der Waals surface area contributed by atoms with Gasteiger partial charge in [0.25, 0.3) is 5.91 Å². The lowest BCUT2D eigenvalue weighted by Gasteiger charge is -2.33. The van der Waals surface area contributed by atoms with Crippen molar-refractivity contribution in [1.82, 2.24) is 10.2 Å². The van der Waals surface area contributed by atoms with Crippen LogP contribution in [0, 0.1) is 17.8 Å². The molecule has 2 aliphatic carbocycles. The van der Waals surface area contributed by atoms with Crippen LogP contribution in [-0.2, 0) is 16.9 Å². The highest BCUT2D eigenvalue weighted by Crippen LogP contribution is 2.48. The molecule has 0 bridgehead atoms. The Morgan fingerprint density at radius 1 is 1.00 bits per heavy atom. The van der Waals surface area contributed by atoms with E-state index in [9.17, 15) is 9.90 Å². The summed E-state index contributed by atoms with van der Waals surface area (Å²) in [5.74, 6) is 2.49. The lowest BCUT2D eigenvalue weighted by Crippen LogP contribution is -2.50. The largest absolute Gasteiger partial charge is 0.493 e. The average Bonchev–Trinajstić information content (AvgIpc) is 3.28. The lowest BCUT2D eigenvalue weighted by atomic mass is 9.79. The maximum Gasteiger partial charge on any atom is 0.257 e. The summed E-state index contributed by atoms with van der Waals surface area (Å²) < 4.78 is 16.4. The standard InChI is InChI=1S/C28H36N2O5/c1-33-23-13-18(14-24(34-2)26(23)35-3)15-30-16-21-22(17-30)25(21)29-27(31)28(32,20-11-7-8-12-20)19-9-5-4-6-10-19/h4-6,9-10,13-14,20-22,25,32H,7-8,11-12,15-17H2,1-3H3,(H,29,31)/t21-,22?,25?,28?/m0/s1. The fraction of sp³-hybridized carbons (Fsp3) is 0.536. The second-order valence-corrected chi connectivity index (χ2v) is 10.2. The van der Waals surface area contributed by atoms with E-state index in [0.29, 0.717) is 34.6 Å². The van der Waals surface area contributed by atoms with Crippen molar-refractivity contribution < 1.29 is 24.1 Å². The van der Waals surface area contributed by atoms with Gasteiger partial charge in [0.05, 0.1) is 21.3 Å². The van der Waals surface area contributed by atoms with Gasteiger partial charge in [0.2, 0.25) is 5.75 Å². The minimum absolute atomic E-state index is 0.0278. The van der Waals surface area contributed by atoms with Crippen LogP contribution < -0.4 is 19.5 Å². The third-order valence-electron chi connectivity index (χ3n) is 8.20. The lowest BCUT2D eigenvalue weighted by molar-refractivity contribution is -0.147. The summed E-state index contributed by atoms with van der Waals surface area (Å²) in [4.78, 5) is 15.9. The van der Waals surface area contributed by atoms with Gasteiger partial charge in [-0.1, -0.05) is 43.2 Å². The summed E-state index contributed by atoms with van der Waals surface area (Å²) in [6.45, 7) is 2.61. The van der Waals surface area contributed by atoms with Gasteiger partial charge < -0.3 is 24.6 Å². The molecule has 2 aromatic rings. The second kappa shape index (κ2) is 9.70. The minimum Gasteiger partial charge on any atom is -0.493 e. The van der Waals surface area contributed by atoms with Crippen LogP contribution in [0.15, 0.2) is 42.5 Å². The van der Waals surface area contributed by atoms with E-state index in [2.05, 4.69) is 10.2 Å². The number of ether oxygens (including phenoxy) is 3.